The Morgan fingerprint density at radius 3 is 2.22 bits per heavy atom. The zero-order chi connectivity index (χ0) is 5.11. The predicted octanol–water partition coefficient (Wildman–Crippen LogP) is 2.13. The highest BCUT2D eigenvalue weighted by Crippen LogP contribution is 1.85. The maximum absolute atomic E-state index is 3.98. The molecule has 0 saturated carbocycles. The Morgan fingerprint density at radius 1 is 1.33 bits per heavy atom. The molecule has 3 N–H and O–H groups in total. The van der Waals surface area contributed by atoms with E-state index in [1.165, 1.54) is 0 Å². The maximum atomic E-state index is 3.98. The number of aryl methyl sites for hydroxylation is 1. The van der Waals surface area contributed by atoms with Crippen molar-refractivity contribution in [1.29, 1.82) is 0 Å². The molecule has 0 radical (unpaired) electrons. The lowest BCUT2D eigenvalue weighted by Gasteiger charge is -1.82. The molecule has 52 valence electrons. The van der Waals surface area contributed by atoms with E-state index >= 15 is 0 Å². The van der Waals surface area contributed by atoms with Gasteiger partial charge >= 0.3 is 0 Å². The smallest absolute Gasteiger partial charge is 0.0372 e. The molecule has 1 aromatic rings. The minimum absolute atomic E-state index is 0. The Labute approximate surface area is 65.7 Å². The van der Waals surface area contributed by atoms with Crippen LogP contribution >= 0.6 is 17.0 Å². The van der Waals surface area contributed by atoms with E-state index in [1.54, 1.807) is 6.20 Å². The highest BCUT2D eigenvalue weighted by molar-refractivity contribution is 8.93. The van der Waals surface area contributed by atoms with Gasteiger partial charge in [0.15, 0.2) is 0 Å². The number of hydrogen-bond donors (Lipinski definition) is 1. The molecular formula is C6H11BrN2. The van der Waals surface area contributed by atoms with Gasteiger partial charge in [-0.1, -0.05) is 6.07 Å². The molecule has 0 fully saturated rings. The molecule has 0 aliphatic rings. The van der Waals surface area contributed by atoms with Crippen molar-refractivity contribution in [3.63, 3.8) is 0 Å². The predicted molar refractivity (Wildman–Crippen MR) is 44.3 cm³/mol. The first-order valence-electron chi connectivity index (χ1n) is 2.27. The van der Waals surface area contributed by atoms with E-state index in [-0.39, 0.29) is 23.1 Å². The Balaban J connectivity index is 0. The molecule has 1 heterocycles. The van der Waals surface area contributed by atoms with Crippen LogP contribution in [0.3, 0.4) is 0 Å². The molecule has 9 heavy (non-hydrogen) atoms. The quantitative estimate of drug-likeness (QED) is 0.682. The number of pyridine rings is 1. The average Bonchev–Trinajstić information content (AvgIpc) is 1.69. The number of rotatable bonds is 0. The highest BCUT2D eigenvalue weighted by Gasteiger charge is 1.73. The lowest BCUT2D eigenvalue weighted by molar-refractivity contribution is 1.20. The van der Waals surface area contributed by atoms with Crippen molar-refractivity contribution in [2.75, 3.05) is 0 Å². The molecular weight excluding hydrogens is 180 g/mol. The summed E-state index contributed by atoms with van der Waals surface area (Å²) in [5.74, 6) is 0. The minimum Gasteiger partial charge on any atom is -0.344 e. The maximum Gasteiger partial charge on any atom is 0.0372 e. The van der Waals surface area contributed by atoms with Gasteiger partial charge in [0.1, 0.15) is 0 Å². The third-order valence-corrected chi connectivity index (χ3v) is 0.813. The summed E-state index contributed by atoms with van der Waals surface area (Å²) in [5.41, 5.74) is 1.07. The zero-order valence-electron chi connectivity index (χ0n) is 5.37. The van der Waals surface area contributed by atoms with Crippen LogP contribution in [0.4, 0.5) is 0 Å². The first kappa shape index (κ1) is 11.4. The Hall–Kier alpha value is -0.410. The van der Waals surface area contributed by atoms with Gasteiger partial charge in [0.25, 0.3) is 0 Å². The largest absolute Gasteiger partial charge is 0.344 e. The summed E-state index contributed by atoms with van der Waals surface area (Å²) in [6.45, 7) is 1.97. The van der Waals surface area contributed by atoms with E-state index in [9.17, 15) is 0 Å². The number of hydrogen-bond acceptors (Lipinski definition) is 2. The second-order valence-corrected chi connectivity index (χ2v) is 1.47. The summed E-state index contributed by atoms with van der Waals surface area (Å²) < 4.78 is 0. The zero-order valence-corrected chi connectivity index (χ0v) is 7.09. The van der Waals surface area contributed by atoms with Crippen molar-refractivity contribution in [1.82, 2.24) is 11.1 Å². The lowest BCUT2D eigenvalue weighted by Crippen LogP contribution is -1.72. The minimum atomic E-state index is 0. The first-order valence-corrected chi connectivity index (χ1v) is 2.27. The summed E-state index contributed by atoms with van der Waals surface area (Å²) >= 11 is 0. The van der Waals surface area contributed by atoms with Gasteiger partial charge in [-0.25, -0.2) is 0 Å². The van der Waals surface area contributed by atoms with Crippen LogP contribution < -0.4 is 6.15 Å². The molecule has 3 heteroatoms. The van der Waals surface area contributed by atoms with E-state index in [1.807, 2.05) is 25.1 Å². The van der Waals surface area contributed by atoms with Gasteiger partial charge in [0.05, 0.1) is 0 Å². The van der Waals surface area contributed by atoms with Crippen LogP contribution in [0.5, 0.6) is 0 Å². The van der Waals surface area contributed by atoms with Gasteiger partial charge in [0.2, 0.25) is 0 Å². The van der Waals surface area contributed by atoms with E-state index in [4.69, 9.17) is 0 Å². The van der Waals surface area contributed by atoms with Crippen LogP contribution in [0.25, 0.3) is 0 Å². The molecule has 0 aliphatic carbocycles. The molecule has 2 nitrogen and oxygen atoms in total. The average molecular weight is 191 g/mol. The van der Waals surface area contributed by atoms with Crippen LogP contribution in [0, 0.1) is 6.92 Å². The second-order valence-electron chi connectivity index (χ2n) is 1.47. The summed E-state index contributed by atoms with van der Waals surface area (Å²) in [5, 5.41) is 0. The van der Waals surface area contributed by atoms with Crippen LogP contribution in [0.1, 0.15) is 5.69 Å². The molecule has 0 bridgehead atoms. The van der Waals surface area contributed by atoms with Gasteiger partial charge in [-0.05, 0) is 19.1 Å². The summed E-state index contributed by atoms with van der Waals surface area (Å²) in [7, 11) is 0. The van der Waals surface area contributed by atoms with Crippen molar-refractivity contribution < 1.29 is 0 Å². The van der Waals surface area contributed by atoms with Gasteiger partial charge < -0.3 is 6.15 Å². The molecule has 0 aromatic carbocycles. The monoisotopic (exact) mass is 190 g/mol. The van der Waals surface area contributed by atoms with Gasteiger partial charge in [-0.3, -0.25) is 4.98 Å². The lowest BCUT2D eigenvalue weighted by atomic mass is 10.4. The molecule has 1 aromatic heterocycles. The number of nitrogens with zero attached hydrogens (tertiary/aromatic N) is 1. The normalized spacial score (nSPS) is 6.78. The molecule has 0 amide bonds. The third kappa shape index (κ3) is 4.12. The van der Waals surface area contributed by atoms with Crippen LogP contribution in [0.2, 0.25) is 0 Å². The Kier molecular flexibility index (Phi) is 7.24. The van der Waals surface area contributed by atoms with Crippen molar-refractivity contribution in [3.8, 4) is 0 Å². The van der Waals surface area contributed by atoms with E-state index in [2.05, 4.69) is 4.98 Å². The highest BCUT2D eigenvalue weighted by atomic mass is 79.9. The van der Waals surface area contributed by atoms with Gasteiger partial charge in [0, 0.05) is 11.9 Å². The molecule has 0 spiro atoms. The summed E-state index contributed by atoms with van der Waals surface area (Å²) in [6, 6.07) is 5.86. The Bertz CT molecular complexity index is 141. The molecule has 1 rings (SSSR count). The first-order chi connectivity index (χ1) is 3.39. The summed E-state index contributed by atoms with van der Waals surface area (Å²) in [4.78, 5) is 3.98. The van der Waals surface area contributed by atoms with Crippen LogP contribution in [-0.4, -0.2) is 4.98 Å². The van der Waals surface area contributed by atoms with Gasteiger partial charge in [-0.2, -0.15) is 0 Å². The molecule has 0 aliphatic heterocycles. The van der Waals surface area contributed by atoms with Crippen molar-refractivity contribution in [2.45, 2.75) is 6.92 Å². The standard InChI is InChI=1S/C6H7N.BrH.H3N/c1-6-4-2-3-5-7-6;;/h2-5H,1H3;1H;1H3. The fourth-order valence-corrected chi connectivity index (χ4v) is 0.448. The van der Waals surface area contributed by atoms with E-state index in [0.29, 0.717) is 0 Å². The number of halogens is 1. The fraction of sp³-hybridized carbons (Fsp3) is 0.167. The van der Waals surface area contributed by atoms with Crippen LogP contribution in [0.15, 0.2) is 24.4 Å². The fourth-order valence-electron chi connectivity index (χ4n) is 0.448. The SMILES string of the molecule is Br.Cc1ccccn1.N. The van der Waals surface area contributed by atoms with E-state index in [0.717, 1.165) is 5.69 Å². The van der Waals surface area contributed by atoms with Gasteiger partial charge in [-0.15, -0.1) is 17.0 Å². The summed E-state index contributed by atoms with van der Waals surface area (Å²) in [6.07, 6.45) is 1.79. The van der Waals surface area contributed by atoms with Crippen molar-refractivity contribution in [2.24, 2.45) is 0 Å². The molecule has 0 unspecified atom stereocenters. The molecule has 0 saturated heterocycles. The van der Waals surface area contributed by atoms with Crippen molar-refractivity contribution in [3.05, 3.63) is 30.1 Å². The van der Waals surface area contributed by atoms with Crippen molar-refractivity contribution >= 4 is 17.0 Å². The van der Waals surface area contributed by atoms with E-state index < -0.39 is 0 Å². The molecule has 0 atom stereocenters. The second kappa shape index (κ2) is 5.72. The third-order valence-electron chi connectivity index (χ3n) is 0.813. The van der Waals surface area contributed by atoms with Crippen LogP contribution in [-0.2, 0) is 0 Å². The Morgan fingerprint density at radius 2 is 2.00 bits per heavy atom. The topological polar surface area (TPSA) is 47.9 Å². The number of aromatic nitrogens is 1.